The Morgan fingerprint density at radius 1 is 1.64 bits per heavy atom. The van der Waals surface area contributed by atoms with Crippen LogP contribution in [0.1, 0.15) is 5.56 Å². The number of nitro benzene ring substituents is 1. The summed E-state index contributed by atoms with van der Waals surface area (Å²) in [6.07, 6.45) is 0.884. The number of oxime groups is 1. The fourth-order valence-electron chi connectivity index (χ4n) is 0.855. The SMILES string of the molecule is O=[N+]([O-])c1cc(/C=N\O)c(Cl)cc1F. The number of benzene rings is 1. The molecule has 14 heavy (non-hydrogen) atoms. The Balaban J connectivity index is 3.34. The zero-order valence-corrected chi connectivity index (χ0v) is 7.40. The lowest BCUT2D eigenvalue weighted by Gasteiger charge is -1.98. The third-order valence-corrected chi connectivity index (χ3v) is 1.79. The van der Waals surface area contributed by atoms with Crippen molar-refractivity contribution < 1.29 is 14.5 Å². The van der Waals surface area contributed by atoms with E-state index < -0.39 is 16.4 Å². The third-order valence-electron chi connectivity index (χ3n) is 1.46. The van der Waals surface area contributed by atoms with Crippen LogP contribution in [0.5, 0.6) is 0 Å². The van der Waals surface area contributed by atoms with Crippen molar-refractivity contribution in [2.75, 3.05) is 0 Å². The average Bonchev–Trinajstić information content (AvgIpc) is 2.09. The molecule has 0 aliphatic rings. The fourth-order valence-corrected chi connectivity index (χ4v) is 1.05. The van der Waals surface area contributed by atoms with Gasteiger partial charge in [-0.25, -0.2) is 0 Å². The van der Waals surface area contributed by atoms with E-state index in [1.54, 1.807) is 0 Å². The molecule has 0 aliphatic heterocycles. The molecule has 7 heteroatoms. The first-order valence-corrected chi connectivity index (χ1v) is 3.75. The van der Waals surface area contributed by atoms with Gasteiger partial charge in [0, 0.05) is 17.7 Å². The molecule has 1 N–H and O–H groups in total. The highest BCUT2D eigenvalue weighted by molar-refractivity contribution is 6.33. The Morgan fingerprint density at radius 2 is 2.29 bits per heavy atom. The quantitative estimate of drug-likeness (QED) is 0.358. The van der Waals surface area contributed by atoms with Crippen LogP contribution in [0, 0.1) is 15.9 Å². The van der Waals surface area contributed by atoms with Crippen LogP contribution in [0.4, 0.5) is 10.1 Å². The highest BCUT2D eigenvalue weighted by atomic mass is 35.5. The Morgan fingerprint density at radius 3 is 2.79 bits per heavy atom. The van der Waals surface area contributed by atoms with Gasteiger partial charge < -0.3 is 5.21 Å². The standard InChI is InChI=1S/C7H4ClFN2O3/c8-5-2-6(9)7(11(13)14)1-4(5)3-10-12/h1-3,12H/b10-3-. The van der Waals surface area contributed by atoms with Gasteiger partial charge in [0.25, 0.3) is 0 Å². The van der Waals surface area contributed by atoms with Gasteiger partial charge in [0.05, 0.1) is 16.2 Å². The summed E-state index contributed by atoms with van der Waals surface area (Å²) < 4.78 is 12.9. The third kappa shape index (κ3) is 1.97. The van der Waals surface area contributed by atoms with Gasteiger partial charge in [-0.2, -0.15) is 4.39 Å². The summed E-state index contributed by atoms with van der Waals surface area (Å²) >= 11 is 5.52. The van der Waals surface area contributed by atoms with Crippen molar-refractivity contribution in [1.29, 1.82) is 0 Å². The van der Waals surface area contributed by atoms with Crippen molar-refractivity contribution >= 4 is 23.5 Å². The number of rotatable bonds is 2. The zero-order chi connectivity index (χ0) is 10.7. The molecule has 0 heterocycles. The summed E-state index contributed by atoms with van der Waals surface area (Å²) in [4.78, 5) is 9.42. The Kier molecular flexibility index (Phi) is 2.98. The van der Waals surface area contributed by atoms with Gasteiger partial charge in [-0.15, -0.1) is 0 Å². The number of halogens is 2. The maximum atomic E-state index is 12.9. The second-order valence-corrected chi connectivity index (χ2v) is 2.73. The molecule has 0 unspecified atom stereocenters. The molecule has 5 nitrogen and oxygen atoms in total. The van der Waals surface area contributed by atoms with Crippen molar-refractivity contribution in [3.63, 3.8) is 0 Å². The fraction of sp³-hybridized carbons (Fsp3) is 0. The molecule has 0 aliphatic carbocycles. The van der Waals surface area contributed by atoms with Crippen molar-refractivity contribution in [3.8, 4) is 0 Å². The van der Waals surface area contributed by atoms with E-state index in [1.807, 2.05) is 0 Å². The van der Waals surface area contributed by atoms with E-state index in [9.17, 15) is 14.5 Å². The molecule has 0 radical (unpaired) electrons. The maximum absolute atomic E-state index is 12.9. The predicted molar refractivity (Wildman–Crippen MR) is 47.4 cm³/mol. The first-order chi connectivity index (χ1) is 6.56. The van der Waals surface area contributed by atoms with E-state index in [2.05, 4.69) is 5.16 Å². The minimum Gasteiger partial charge on any atom is -0.411 e. The maximum Gasteiger partial charge on any atom is 0.305 e. The Bertz CT molecular complexity index is 408. The van der Waals surface area contributed by atoms with Crippen LogP contribution in [0.2, 0.25) is 5.02 Å². The molecule has 74 valence electrons. The highest BCUT2D eigenvalue weighted by Gasteiger charge is 2.16. The van der Waals surface area contributed by atoms with Gasteiger partial charge in [0.1, 0.15) is 0 Å². The zero-order valence-electron chi connectivity index (χ0n) is 6.65. The van der Waals surface area contributed by atoms with Gasteiger partial charge in [-0.05, 0) is 0 Å². The van der Waals surface area contributed by atoms with Gasteiger partial charge in [0.15, 0.2) is 0 Å². The normalized spacial score (nSPS) is 10.7. The van der Waals surface area contributed by atoms with Crippen LogP contribution in [0.25, 0.3) is 0 Å². The van der Waals surface area contributed by atoms with E-state index in [1.165, 1.54) is 0 Å². The van der Waals surface area contributed by atoms with E-state index in [0.29, 0.717) is 0 Å². The van der Waals surface area contributed by atoms with Crippen LogP contribution in [-0.2, 0) is 0 Å². The van der Waals surface area contributed by atoms with E-state index in [4.69, 9.17) is 16.8 Å². The number of hydrogen-bond acceptors (Lipinski definition) is 4. The highest BCUT2D eigenvalue weighted by Crippen LogP contribution is 2.24. The number of hydrogen-bond donors (Lipinski definition) is 1. The first-order valence-electron chi connectivity index (χ1n) is 3.37. The average molecular weight is 219 g/mol. The van der Waals surface area contributed by atoms with Crippen LogP contribution >= 0.6 is 11.6 Å². The molecule has 1 aromatic rings. The van der Waals surface area contributed by atoms with E-state index >= 15 is 0 Å². The van der Waals surface area contributed by atoms with Crippen LogP contribution < -0.4 is 0 Å². The smallest absolute Gasteiger partial charge is 0.305 e. The van der Waals surface area contributed by atoms with Crippen molar-refractivity contribution in [3.05, 3.63) is 38.7 Å². The summed E-state index contributed by atoms with van der Waals surface area (Å²) in [5, 5.41) is 21.1. The molecule has 0 saturated carbocycles. The predicted octanol–water partition coefficient (Wildman–Crippen LogP) is 2.20. The topological polar surface area (TPSA) is 75.7 Å². The van der Waals surface area contributed by atoms with Crippen LogP contribution in [-0.4, -0.2) is 16.3 Å². The molecule has 0 amide bonds. The van der Waals surface area contributed by atoms with Crippen molar-refractivity contribution in [2.24, 2.45) is 5.16 Å². The lowest BCUT2D eigenvalue weighted by atomic mass is 10.2. The number of nitro groups is 1. The molecule has 1 rings (SSSR count). The molecule has 0 atom stereocenters. The Labute approximate surface area is 82.6 Å². The van der Waals surface area contributed by atoms with E-state index in [0.717, 1.165) is 18.3 Å². The minimum absolute atomic E-state index is 0.0640. The molecule has 1 aromatic carbocycles. The van der Waals surface area contributed by atoms with Gasteiger partial charge in [0.2, 0.25) is 5.82 Å². The van der Waals surface area contributed by atoms with Crippen LogP contribution in [0.15, 0.2) is 17.3 Å². The first kappa shape index (κ1) is 10.4. The molecular weight excluding hydrogens is 215 g/mol. The Hall–Kier alpha value is -1.69. The molecule has 0 spiro atoms. The molecule has 0 aromatic heterocycles. The van der Waals surface area contributed by atoms with Gasteiger partial charge in [-0.3, -0.25) is 10.1 Å². The number of nitrogens with zero attached hydrogens (tertiary/aromatic N) is 2. The van der Waals surface area contributed by atoms with Crippen molar-refractivity contribution in [1.82, 2.24) is 0 Å². The lowest BCUT2D eigenvalue weighted by Crippen LogP contribution is -1.95. The monoisotopic (exact) mass is 218 g/mol. The van der Waals surface area contributed by atoms with Gasteiger partial charge >= 0.3 is 5.69 Å². The summed E-state index contributed by atoms with van der Waals surface area (Å²) in [6, 6.07) is 1.67. The van der Waals surface area contributed by atoms with Crippen molar-refractivity contribution in [2.45, 2.75) is 0 Å². The second kappa shape index (κ2) is 4.01. The summed E-state index contributed by atoms with van der Waals surface area (Å²) in [5.74, 6) is -1.03. The lowest BCUT2D eigenvalue weighted by molar-refractivity contribution is -0.387. The van der Waals surface area contributed by atoms with E-state index in [-0.39, 0.29) is 10.6 Å². The summed E-state index contributed by atoms with van der Waals surface area (Å²) in [7, 11) is 0. The van der Waals surface area contributed by atoms with Gasteiger partial charge in [-0.1, -0.05) is 16.8 Å². The molecule has 0 fully saturated rings. The summed E-state index contributed by atoms with van der Waals surface area (Å²) in [6.45, 7) is 0. The molecule has 0 bridgehead atoms. The largest absolute Gasteiger partial charge is 0.411 e. The van der Waals surface area contributed by atoms with Crippen LogP contribution in [0.3, 0.4) is 0 Å². The molecular formula is C7H4ClFN2O3. The molecule has 0 saturated heterocycles. The summed E-state index contributed by atoms with van der Waals surface area (Å²) in [5.41, 5.74) is -0.647. The minimum atomic E-state index is -1.03. The second-order valence-electron chi connectivity index (χ2n) is 2.33.